The number of amides is 1. The molecule has 0 aliphatic carbocycles. The third-order valence-corrected chi connectivity index (χ3v) is 1.66. The van der Waals surface area contributed by atoms with E-state index in [0.717, 1.165) is 0 Å². The molecule has 5 heteroatoms. The first-order valence-corrected chi connectivity index (χ1v) is 4.30. The van der Waals surface area contributed by atoms with Crippen LogP contribution in [0.1, 0.15) is 32.6 Å². The molecule has 0 atom stereocenters. The van der Waals surface area contributed by atoms with Gasteiger partial charge < -0.3 is 15.2 Å². The van der Waals surface area contributed by atoms with Crippen LogP contribution in [0.2, 0.25) is 0 Å². The third-order valence-electron chi connectivity index (χ3n) is 1.66. The average molecular weight is 194 g/mol. The Hall–Kier alpha value is -0.870. The van der Waals surface area contributed by atoms with Crippen LogP contribution in [0.4, 0.5) is 13.6 Å². The molecule has 0 aliphatic heterocycles. The molecule has 78 valence electrons. The number of carboxylic acid groups (broad SMARTS) is 1. The van der Waals surface area contributed by atoms with Gasteiger partial charge in [-0.2, -0.15) is 0 Å². The van der Waals surface area contributed by atoms with Gasteiger partial charge in [0.15, 0.2) is 0 Å². The summed E-state index contributed by atoms with van der Waals surface area (Å²) in [6.45, 7) is 1.58. The van der Waals surface area contributed by atoms with Crippen molar-refractivity contribution in [1.29, 1.82) is 0 Å². The van der Waals surface area contributed by atoms with E-state index in [-0.39, 0.29) is 13.0 Å². The number of carbonyl (C=O) groups is 1. The molecule has 0 heterocycles. The van der Waals surface area contributed by atoms with Gasteiger partial charge in [-0.05, 0) is 6.42 Å². The minimum atomic E-state index is -2.77. The van der Waals surface area contributed by atoms with Crippen LogP contribution in [0.3, 0.4) is 0 Å². The smallest absolute Gasteiger partial charge is 0.249 e. The Labute approximate surface area is 76.1 Å². The molecule has 0 bridgehead atoms. The van der Waals surface area contributed by atoms with E-state index in [2.05, 4.69) is 0 Å². The SMILES string of the molecule is CCCCC(F)(F)CCNC(=O)[O-]. The predicted octanol–water partition coefficient (Wildman–Crippen LogP) is 1.13. The lowest BCUT2D eigenvalue weighted by Gasteiger charge is -2.16. The van der Waals surface area contributed by atoms with E-state index in [4.69, 9.17) is 0 Å². The maximum Gasteiger partial charge on any atom is 0.249 e. The van der Waals surface area contributed by atoms with Gasteiger partial charge in [0.1, 0.15) is 6.09 Å². The highest BCUT2D eigenvalue weighted by atomic mass is 19.3. The molecular formula is C8H14F2NO2-. The van der Waals surface area contributed by atoms with Crippen LogP contribution < -0.4 is 10.4 Å². The second-order valence-corrected chi connectivity index (χ2v) is 2.92. The zero-order chi connectivity index (χ0) is 10.3. The summed E-state index contributed by atoms with van der Waals surface area (Å²) in [7, 11) is 0. The molecule has 1 amide bonds. The Morgan fingerprint density at radius 1 is 1.46 bits per heavy atom. The van der Waals surface area contributed by atoms with Crippen molar-refractivity contribution < 1.29 is 18.7 Å². The van der Waals surface area contributed by atoms with E-state index in [1.807, 2.05) is 6.92 Å². The Balaban J connectivity index is 3.56. The first-order chi connectivity index (χ1) is 5.98. The van der Waals surface area contributed by atoms with Crippen molar-refractivity contribution in [2.24, 2.45) is 0 Å². The zero-order valence-electron chi connectivity index (χ0n) is 7.61. The number of nitrogens with one attached hydrogen (secondary N) is 1. The fourth-order valence-electron chi connectivity index (χ4n) is 0.908. The van der Waals surface area contributed by atoms with Crippen LogP contribution in [-0.4, -0.2) is 18.6 Å². The predicted molar refractivity (Wildman–Crippen MR) is 42.5 cm³/mol. The second-order valence-electron chi connectivity index (χ2n) is 2.92. The molecule has 0 aromatic heterocycles. The first kappa shape index (κ1) is 12.1. The fraction of sp³-hybridized carbons (Fsp3) is 0.875. The van der Waals surface area contributed by atoms with Crippen LogP contribution in [0.15, 0.2) is 0 Å². The number of hydrogen-bond donors (Lipinski definition) is 1. The average Bonchev–Trinajstić information content (AvgIpc) is 2.00. The van der Waals surface area contributed by atoms with E-state index >= 15 is 0 Å². The molecule has 0 saturated carbocycles. The summed E-state index contributed by atoms with van der Waals surface area (Å²) >= 11 is 0. The van der Waals surface area contributed by atoms with Crippen molar-refractivity contribution in [3.63, 3.8) is 0 Å². The van der Waals surface area contributed by atoms with Crippen molar-refractivity contribution in [1.82, 2.24) is 5.32 Å². The van der Waals surface area contributed by atoms with Crippen molar-refractivity contribution in [2.75, 3.05) is 6.54 Å². The monoisotopic (exact) mass is 194 g/mol. The van der Waals surface area contributed by atoms with E-state index < -0.39 is 18.4 Å². The highest BCUT2D eigenvalue weighted by Gasteiger charge is 2.26. The van der Waals surface area contributed by atoms with E-state index in [9.17, 15) is 18.7 Å². The minimum Gasteiger partial charge on any atom is -0.530 e. The van der Waals surface area contributed by atoms with Gasteiger partial charge in [0.25, 0.3) is 0 Å². The van der Waals surface area contributed by atoms with Gasteiger partial charge in [0.2, 0.25) is 5.92 Å². The standard InChI is InChI=1S/C8H15F2NO2/c1-2-3-4-8(9,10)5-6-11-7(12)13/h11H,2-6H2,1H3,(H,12,13)/p-1. The van der Waals surface area contributed by atoms with Gasteiger partial charge in [0, 0.05) is 19.4 Å². The van der Waals surface area contributed by atoms with Gasteiger partial charge in [-0.3, -0.25) is 0 Å². The van der Waals surface area contributed by atoms with E-state index in [0.29, 0.717) is 12.8 Å². The van der Waals surface area contributed by atoms with E-state index in [1.165, 1.54) is 0 Å². The van der Waals surface area contributed by atoms with Gasteiger partial charge >= 0.3 is 0 Å². The molecule has 0 aromatic rings. The molecule has 13 heavy (non-hydrogen) atoms. The highest BCUT2D eigenvalue weighted by molar-refractivity contribution is 5.61. The Kier molecular flexibility index (Phi) is 5.34. The number of alkyl halides is 2. The third kappa shape index (κ3) is 7.49. The van der Waals surface area contributed by atoms with Crippen LogP contribution >= 0.6 is 0 Å². The molecule has 0 aromatic carbocycles. The molecule has 0 radical (unpaired) electrons. The number of unbranched alkanes of at least 4 members (excludes halogenated alkanes) is 1. The molecule has 0 aliphatic rings. The van der Waals surface area contributed by atoms with Crippen LogP contribution in [0, 0.1) is 0 Å². The molecule has 0 rings (SSSR count). The van der Waals surface area contributed by atoms with Crippen molar-refractivity contribution >= 4 is 6.09 Å². The zero-order valence-corrected chi connectivity index (χ0v) is 7.61. The maximum absolute atomic E-state index is 12.8. The maximum atomic E-state index is 12.8. The lowest BCUT2D eigenvalue weighted by atomic mass is 10.1. The topological polar surface area (TPSA) is 52.2 Å². The van der Waals surface area contributed by atoms with E-state index in [1.54, 1.807) is 5.32 Å². The Morgan fingerprint density at radius 2 is 2.08 bits per heavy atom. The Morgan fingerprint density at radius 3 is 2.54 bits per heavy atom. The molecular weight excluding hydrogens is 180 g/mol. The van der Waals surface area contributed by atoms with Crippen LogP contribution in [-0.2, 0) is 0 Å². The van der Waals surface area contributed by atoms with Gasteiger partial charge in [0.05, 0.1) is 0 Å². The first-order valence-electron chi connectivity index (χ1n) is 4.30. The molecule has 3 nitrogen and oxygen atoms in total. The van der Waals surface area contributed by atoms with Crippen LogP contribution in [0.5, 0.6) is 0 Å². The van der Waals surface area contributed by atoms with Crippen molar-refractivity contribution in [2.45, 2.75) is 38.5 Å². The number of halogens is 2. The lowest BCUT2D eigenvalue weighted by molar-refractivity contribution is -0.250. The quantitative estimate of drug-likeness (QED) is 0.689. The fourth-order valence-corrected chi connectivity index (χ4v) is 0.908. The minimum absolute atomic E-state index is 0.182. The van der Waals surface area contributed by atoms with Crippen LogP contribution in [0.25, 0.3) is 0 Å². The van der Waals surface area contributed by atoms with Crippen molar-refractivity contribution in [3.8, 4) is 0 Å². The molecule has 0 saturated heterocycles. The number of hydrogen-bond acceptors (Lipinski definition) is 2. The lowest BCUT2D eigenvalue weighted by Crippen LogP contribution is -2.38. The molecule has 0 unspecified atom stereocenters. The number of carbonyl (C=O) groups excluding carboxylic acids is 1. The summed E-state index contributed by atoms with van der Waals surface area (Å²) in [6.07, 6.45) is -0.979. The van der Waals surface area contributed by atoms with Gasteiger partial charge in [-0.25, -0.2) is 8.78 Å². The summed E-state index contributed by atoms with van der Waals surface area (Å²) in [4.78, 5) is 9.83. The second kappa shape index (κ2) is 5.72. The summed E-state index contributed by atoms with van der Waals surface area (Å²) in [5.41, 5.74) is 0. The summed E-state index contributed by atoms with van der Waals surface area (Å²) in [5.74, 6) is -2.77. The Bertz CT molecular complexity index is 162. The summed E-state index contributed by atoms with van der Waals surface area (Å²) < 4.78 is 25.6. The largest absolute Gasteiger partial charge is 0.530 e. The number of rotatable bonds is 6. The molecule has 0 spiro atoms. The molecule has 1 N–H and O–H groups in total. The molecule has 0 fully saturated rings. The van der Waals surface area contributed by atoms with Gasteiger partial charge in [-0.1, -0.05) is 13.3 Å². The normalized spacial score (nSPS) is 11.3. The van der Waals surface area contributed by atoms with Crippen molar-refractivity contribution in [3.05, 3.63) is 0 Å². The summed E-state index contributed by atoms with van der Waals surface area (Å²) in [5, 5.41) is 11.6. The highest BCUT2D eigenvalue weighted by Crippen LogP contribution is 2.24. The van der Waals surface area contributed by atoms with Gasteiger partial charge in [-0.15, -0.1) is 0 Å². The summed E-state index contributed by atoms with van der Waals surface area (Å²) in [6, 6.07) is 0.